The summed E-state index contributed by atoms with van der Waals surface area (Å²) >= 11 is 0. The van der Waals surface area contributed by atoms with Crippen molar-refractivity contribution in [3.8, 4) is 0 Å². The van der Waals surface area contributed by atoms with E-state index in [-0.39, 0.29) is 11.2 Å². The summed E-state index contributed by atoms with van der Waals surface area (Å²) in [4.78, 5) is 27.2. The van der Waals surface area contributed by atoms with Gasteiger partial charge in [0.15, 0.2) is 0 Å². The maximum absolute atomic E-state index is 12.7. The van der Waals surface area contributed by atoms with E-state index < -0.39 is 11.3 Å². The van der Waals surface area contributed by atoms with Crippen LogP contribution in [0.3, 0.4) is 0 Å². The Morgan fingerprint density at radius 3 is 2.59 bits per heavy atom. The Bertz CT molecular complexity index is 1060. The molecule has 0 aliphatic heterocycles. The van der Waals surface area contributed by atoms with Gasteiger partial charge in [0.2, 0.25) is 5.91 Å². The number of carbonyl (C=O) groups is 2. The van der Waals surface area contributed by atoms with Crippen LogP contribution in [0.1, 0.15) is 66.7 Å². The van der Waals surface area contributed by atoms with Crippen molar-refractivity contribution in [2.75, 3.05) is 0 Å². The Morgan fingerprint density at radius 2 is 1.86 bits per heavy atom. The van der Waals surface area contributed by atoms with Crippen LogP contribution in [-0.4, -0.2) is 11.7 Å². The van der Waals surface area contributed by atoms with E-state index in [1.807, 2.05) is 38.1 Å². The fourth-order valence-electron chi connectivity index (χ4n) is 3.95. The number of allylic oxidation sites excluding steroid dienone is 1. The second-order valence-electron chi connectivity index (χ2n) is 8.68. The van der Waals surface area contributed by atoms with Gasteiger partial charge >= 0.3 is 0 Å². The molecule has 148 valence electrons. The lowest BCUT2D eigenvalue weighted by molar-refractivity contribution is -0.125. The third kappa shape index (κ3) is 4.01. The summed E-state index contributed by atoms with van der Waals surface area (Å²) in [6.45, 7) is 8.24. The van der Waals surface area contributed by atoms with Gasteiger partial charge in [-0.05, 0) is 58.6 Å². The van der Waals surface area contributed by atoms with Gasteiger partial charge in [-0.3, -0.25) is 9.59 Å². The molecule has 1 aliphatic rings. The molecule has 2 aromatic carbocycles. The van der Waals surface area contributed by atoms with Crippen molar-refractivity contribution in [1.29, 1.82) is 0 Å². The zero-order chi connectivity index (χ0) is 21.2. The number of azide groups is 1. The number of amides is 1. The minimum Gasteiger partial charge on any atom is -0.299 e. The Labute approximate surface area is 171 Å². The van der Waals surface area contributed by atoms with Crippen molar-refractivity contribution in [1.82, 2.24) is 0 Å². The SMILES string of the molecule is CC1(C)CC(=O)C(C)(C)c2cc(CC=Cc3ccccc3C(=O)N=[N+]=[N-])ccc21. The van der Waals surface area contributed by atoms with E-state index in [9.17, 15) is 9.59 Å². The van der Waals surface area contributed by atoms with E-state index in [0.717, 1.165) is 11.1 Å². The molecular formula is C24H25N3O2. The zero-order valence-electron chi connectivity index (χ0n) is 17.3. The van der Waals surface area contributed by atoms with Crippen LogP contribution >= 0.6 is 0 Å². The van der Waals surface area contributed by atoms with Crippen molar-refractivity contribution in [3.05, 3.63) is 86.8 Å². The van der Waals surface area contributed by atoms with Gasteiger partial charge in [0, 0.05) is 22.3 Å². The van der Waals surface area contributed by atoms with Gasteiger partial charge in [0.1, 0.15) is 5.78 Å². The molecule has 3 rings (SSSR count). The van der Waals surface area contributed by atoms with Gasteiger partial charge in [0.25, 0.3) is 0 Å². The van der Waals surface area contributed by atoms with Crippen LogP contribution in [0.2, 0.25) is 0 Å². The number of hydrogen-bond acceptors (Lipinski definition) is 2. The lowest BCUT2D eigenvalue weighted by atomic mass is 9.62. The van der Waals surface area contributed by atoms with Crippen LogP contribution in [0.5, 0.6) is 0 Å². The number of carbonyl (C=O) groups excluding carboxylic acids is 2. The summed E-state index contributed by atoms with van der Waals surface area (Å²) in [5, 5.41) is 3.18. The molecule has 0 heterocycles. The molecule has 2 aromatic rings. The van der Waals surface area contributed by atoms with Gasteiger partial charge in [-0.1, -0.05) is 68.5 Å². The minimum atomic E-state index is -0.593. The lowest BCUT2D eigenvalue weighted by Crippen LogP contribution is -2.42. The van der Waals surface area contributed by atoms with Crippen LogP contribution in [0, 0.1) is 0 Å². The van der Waals surface area contributed by atoms with Gasteiger partial charge < -0.3 is 0 Å². The number of rotatable bonds is 4. The summed E-state index contributed by atoms with van der Waals surface area (Å²) in [5.74, 6) is -0.322. The Morgan fingerprint density at radius 1 is 1.14 bits per heavy atom. The summed E-state index contributed by atoms with van der Waals surface area (Å²) < 4.78 is 0. The van der Waals surface area contributed by atoms with Crippen LogP contribution in [-0.2, 0) is 22.0 Å². The Balaban J connectivity index is 1.89. The first-order valence-electron chi connectivity index (χ1n) is 9.69. The molecule has 0 spiro atoms. The molecule has 0 bridgehead atoms. The smallest absolute Gasteiger partial charge is 0.249 e. The average molecular weight is 387 g/mol. The fraction of sp³-hybridized carbons (Fsp3) is 0.333. The number of ketones is 1. The van der Waals surface area contributed by atoms with Crippen molar-refractivity contribution < 1.29 is 9.59 Å². The van der Waals surface area contributed by atoms with Crippen molar-refractivity contribution in [2.24, 2.45) is 5.11 Å². The van der Waals surface area contributed by atoms with Crippen LogP contribution in [0.15, 0.2) is 53.7 Å². The van der Waals surface area contributed by atoms with Gasteiger partial charge in [-0.25, -0.2) is 0 Å². The van der Waals surface area contributed by atoms with Crippen LogP contribution in [0.25, 0.3) is 16.5 Å². The monoisotopic (exact) mass is 387 g/mol. The molecule has 0 saturated carbocycles. The maximum Gasteiger partial charge on any atom is 0.249 e. The molecule has 0 fully saturated rings. The van der Waals surface area contributed by atoms with E-state index in [0.29, 0.717) is 24.0 Å². The van der Waals surface area contributed by atoms with E-state index >= 15 is 0 Å². The van der Waals surface area contributed by atoms with Crippen molar-refractivity contribution in [3.63, 3.8) is 0 Å². The minimum absolute atomic E-state index is 0.156. The number of Topliss-reactive ketones (excluding diaryl/α,β-unsaturated/α-hetero) is 1. The Kier molecular flexibility index (Phi) is 5.45. The van der Waals surface area contributed by atoms with E-state index in [4.69, 9.17) is 5.53 Å². The summed E-state index contributed by atoms with van der Waals surface area (Å²) in [7, 11) is 0. The summed E-state index contributed by atoms with van der Waals surface area (Å²) in [6.07, 6.45) is 5.07. The molecule has 0 atom stereocenters. The zero-order valence-corrected chi connectivity index (χ0v) is 17.3. The first-order chi connectivity index (χ1) is 13.7. The summed E-state index contributed by atoms with van der Waals surface area (Å²) in [6, 6.07) is 13.4. The molecule has 0 radical (unpaired) electrons. The topological polar surface area (TPSA) is 82.9 Å². The molecule has 0 unspecified atom stereocenters. The van der Waals surface area contributed by atoms with Crippen LogP contribution in [0.4, 0.5) is 0 Å². The standard InChI is InChI=1S/C24H25N3O2/c1-23(2)15-21(28)24(3,4)20-14-16(12-13-19(20)23)8-7-10-17-9-5-6-11-18(17)22(29)26-27-25/h5-7,9-14H,8,15H2,1-4H3. The third-order valence-electron chi connectivity index (χ3n) is 5.76. The molecule has 0 aromatic heterocycles. The molecule has 0 N–H and O–H groups in total. The van der Waals surface area contributed by atoms with Crippen molar-refractivity contribution >= 4 is 17.8 Å². The second-order valence-corrected chi connectivity index (χ2v) is 8.68. The number of hydrogen-bond donors (Lipinski definition) is 0. The number of nitrogens with zero attached hydrogens (tertiary/aromatic N) is 3. The van der Waals surface area contributed by atoms with Crippen molar-refractivity contribution in [2.45, 2.75) is 51.4 Å². The number of benzene rings is 2. The van der Waals surface area contributed by atoms with Gasteiger partial charge in [-0.15, -0.1) is 0 Å². The molecule has 0 saturated heterocycles. The van der Waals surface area contributed by atoms with Crippen LogP contribution < -0.4 is 0 Å². The Hall–Kier alpha value is -3.17. The second kappa shape index (κ2) is 7.69. The first-order valence-corrected chi connectivity index (χ1v) is 9.69. The normalized spacial score (nSPS) is 16.9. The molecule has 5 heteroatoms. The maximum atomic E-state index is 12.7. The highest BCUT2D eigenvalue weighted by Crippen LogP contribution is 2.44. The fourth-order valence-corrected chi connectivity index (χ4v) is 3.95. The molecule has 29 heavy (non-hydrogen) atoms. The molecule has 5 nitrogen and oxygen atoms in total. The highest BCUT2D eigenvalue weighted by atomic mass is 16.1. The first kappa shape index (κ1) is 20.6. The average Bonchev–Trinajstić information content (AvgIpc) is 2.67. The quantitative estimate of drug-likeness (QED) is 0.370. The van der Waals surface area contributed by atoms with Gasteiger partial charge in [0.05, 0.1) is 0 Å². The summed E-state index contributed by atoms with van der Waals surface area (Å²) in [5.41, 5.74) is 12.4. The lowest BCUT2D eigenvalue weighted by Gasteiger charge is -2.40. The molecule has 1 amide bonds. The molecular weight excluding hydrogens is 362 g/mol. The van der Waals surface area contributed by atoms with Gasteiger partial charge in [-0.2, -0.15) is 0 Å². The predicted molar refractivity (Wildman–Crippen MR) is 115 cm³/mol. The number of fused-ring (bicyclic) bond motifs is 1. The highest BCUT2D eigenvalue weighted by Gasteiger charge is 2.43. The largest absolute Gasteiger partial charge is 0.299 e. The van der Waals surface area contributed by atoms with E-state index in [2.05, 4.69) is 42.1 Å². The van der Waals surface area contributed by atoms with E-state index in [1.54, 1.807) is 12.1 Å². The highest BCUT2D eigenvalue weighted by molar-refractivity contribution is 5.98. The molecule has 1 aliphatic carbocycles. The van der Waals surface area contributed by atoms with E-state index in [1.165, 1.54) is 5.56 Å². The predicted octanol–water partition coefficient (Wildman–Crippen LogP) is 5.92. The third-order valence-corrected chi connectivity index (χ3v) is 5.76.